The molecule has 4 aromatic carbocycles. The van der Waals surface area contributed by atoms with Crippen LogP contribution in [0, 0.1) is 11.7 Å². The Bertz CT molecular complexity index is 1920. The van der Waals surface area contributed by atoms with Crippen LogP contribution in [-0.2, 0) is 31.1 Å². The number of carbonyl (C=O) groups is 2. The van der Waals surface area contributed by atoms with E-state index in [1.807, 2.05) is 30.3 Å². The van der Waals surface area contributed by atoms with Crippen molar-refractivity contribution in [3.05, 3.63) is 132 Å². The minimum atomic E-state index is -5.90. The minimum Gasteiger partial charge on any atom is -0.489 e. The fourth-order valence-corrected chi connectivity index (χ4v) is 6.05. The van der Waals surface area contributed by atoms with Gasteiger partial charge >= 0.3 is 21.6 Å². The topological polar surface area (TPSA) is 99.2 Å². The van der Waals surface area contributed by atoms with E-state index in [0.29, 0.717) is 16.9 Å². The molecule has 0 bridgehead atoms. The van der Waals surface area contributed by atoms with Crippen molar-refractivity contribution in [1.29, 1.82) is 0 Å². The number of β-lactam (4-membered cyclic amide) rings is 1. The molecule has 8 nitrogen and oxygen atoms in total. The zero-order chi connectivity index (χ0) is 35.3. The van der Waals surface area contributed by atoms with E-state index in [4.69, 9.17) is 9.47 Å². The van der Waals surface area contributed by atoms with Gasteiger partial charge in [-0.25, -0.2) is 4.39 Å². The molecule has 4 aromatic rings. The van der Waals surface area contributed by atoms with Crippen LogP contribution in [0.15, 0.2) is 104 Å². The quantitative estimate of drug-likeness (QED) is 0.0458. The predicted molar refractivity (Wildman–Crippen MR) is 173 cm³/mol. The van der Waals surface area contributed by atoms with Crippen molar-refractivity contribution in [2.24, 2.45) is 5.92 Å². The van der Waals surface area contributed by atoms with E-state index >= 15 is 0 Å². The van der Waals surface area contributed by atoms with Crippen LogP contribution in [0.3, 0.4) is 0 Å². The van der Waals surface area contributed by atoms with Gasteiger partial charge in [0.1, 0.15) is 30.0 Å². The van der Waals surface area contributed by atoms with Crippen LogP contribution in [0.25, 0.3) is 6.08 Å². The molecule has 1 saturated heterocycles. The fourth-order valence-electron chi connectivity index (χ4n) is 5.59. The number of rotatable bonds is 13. The largest absolute Gasteiger partial charge is 0.534 e. The van der Waals surface area contributed by atoms with Crippen molar-refractivity contribution in [3.8, 4) is 11.5 Å². The van der Waals surface area contributed by atoms with Crippen molar-refractivity contribution in [2.75, 3.05) is 4.90 Å². The van der Waals surface area contributed by atoms with Gasteiger partial charge in [0, 0.05) is 18.2 Å². The van der Waals surface area contributed by atoms with Gasteiger partial charge in [0.2, 0.25) is 5.91 Å². The maximum Gasteiger partial charge on any atom is 0.534 e. The standard InChI is InChI=1S/C36H31F4NO7S/c1-3-24-9-18-30(33(21-24)46-22-25-7-5-4-6-8-25)34-31(19-20-32(47-23(2)42)26-10-12-27(37)13-11-26)35(43)41(34)28-14-16-29(17-15-28)48-49(44,45)36(38,39)40/h3-18,21,31-32,34H,1,19-20,22H2,2H3/t31-,32?,34-/m1/s1. The lowest BCUT2D eigenvalue weighted by Gasteiger charge is -2.48. The molecule has 1 heterocycles. The van der Waals surface area contributed by atoms with Gasteiger partial charge in [-0.2, -0.15) is 21.6 Å². The first-order chi connectivity index (χ1) is 23.3. The lowest BCUT2D eigenvalue weighted by molar-refractivity contribution is -0.147. The third-order valence-electron chi connectivity index (χ3n) is 7.94. The average molecular weight is 698 g/mol. The summed E-state index contributed by atoms with van der Waals surface area (Å²) in [5, 5.41) is 0. The molecule has 13 heteroatoms. The van der Waals surface area contributed by atoms with Crippen molar-refractivity contribution < 1.29 is 49.2 Å². The van der Waals surface area contributed by atoms with E-state index in [1.54, 1.807) is 24.3 Å². The van der Waals surface area contributed by atoms with E-state index in [-0.39, 0.29) is 31.0 Å². The summed E-state index contributed by atoms with van der Waals surface area (Å²) in [6.45, 7) is 5.29. The number of amides is 1. The highest BCUT2D eigenvalue weighted by Crippen LogP contribution is 2.49. The number of hydrogen-bond donors (Lipinski definition) is 0. The first-order valence-corrected chi connectivity index (χ1v) is 16.5. The summed E-state index contributed by atoms with van der Waals surface area (Å²) in [4.78, 5) is 27.3. The molecular weight excluding hydrogens is 666 g/mol. The molecule has 0 aliphatic carbocycles. The summed E-state index contributed by atoms with van der Waals surface area (Å²) in [6, 6.07) is 24.2. The Kier molecular flexibility index (Phi) is 10.4. The van der Waals surface area contributed by atoms with Gasteiger partial charge in [0.05, 0.1) is 12.0 Å². The van der Waals surface area contributed by atoms with E-state index in [9.17, 15) is 35.6 Å². The number of benzene rings is 4. The summed E-state index contributed by atoms with van der Waals surface area (Å²) >= 11 is 0. The summed E-state index contributed by atoms with van der Waals surface area (Å²) in [5.74, 6) is -2.17. The molecule has 1 amide bonds. The van der Waals surface area contributed by atoms with E-state index in [0.717, 1.165) is 23.3 Å². The van der Waals surface area contributed by atoms with Crippen LogP contribution in [0.2, 0.25) is 0 Å². The molecule has 0 saturated carbocycles. The zero-order valence-electron chi connectivity index (χ0n) is 26.1. The summed E-state index contributed by atoms with van der Waals surface area (Å²) in [5.41, 5.74) is -2.55. The zero-order valence-corrected chi connectivity index (χ0v) is 26.9. The molecule has 1 fully saturated rings. The van der Waals surface area contributed by atoms with Gasteiger partial charge in [-0.3, -0.25) is 9.59 Å². The van der Waals surface area contributed by atoms with Crippen LogP contribution in [-0.4, -0.2) is 25.8 Å². The number of anilines is 1. The number of alkyl halides is 3. The van der Waals surface area contributed by atoms with Gasteiger partial charge in [-0.1, -0.05) is 67.3 Å². The van der Waals surface area contributed by atoms with E-state index < -0.39 is 51.2 Å². The molecular formula is C36H31F4NO7S. The predicted octanol–water partition coefficient (Wildman–Crippen LogP) is 8.06. The van der Waals surface area contributed by atoms with E-state index in [2.05, 4.69) is 10.8 Å². The van der Waals surface area contributed by atoms with Gasteiger partial charge in [0.25, 0.3) is 0 Å². The normalized spacial score (nSPS) is 16.8. The fraction of sp³-hybridized carbons (Fsp3) is 0.222. The molecule has 0 radical (unpaired) electrons. The average Bonchev–Trinajstić information content (AvgIpc) is 3.06. The summed E-state index contributed by atoms with van der Waals surface area (Å²) < 4.78 is 91.4. The van der Waals surface area contributed by atoms with Crippen molar-refractivity contribution in [3.63, 3.8) is 0 Å². The highest BCUT2D eigenvalue weighted by atomic mass is 32.2. The Hall–Kier alpha value is -5.17. The molecule has 1 unspecified atom stereocenters. The maximum atomic E-state index is 13.9. The number of carbonyl (C=O) groups excluding carboxylic acids is 2. The van der Waals surface area contributed by atoms with Crippen LogP contribution in [0.4, 0.5) is 23.2 Å². The van der Waals surface area contributed by atoms with Crippen LogP contribution >= 0.6 is 0 Å². The molecule has 0 N–H and O–H groups in total. The molecule has 0 aromatic heterocycles. The highest BCUT2D eigenvalue weighted by Gasteiger charge is 2.50. The Balaban J connectivity index is 1.49. The summed E-state index contributed by atoms with van der Waals surface area (Å²) in [7, 11) is -5.90. The summed E-state index contributed by atoms with van der Waals surface area (Å²) in [6.07, 6.45) is 1.30. The number of esters is 1. The molecule has 3 atom stereocenters. The first kappa shape index (κ1) is 35.1. The second kappa shape index (κ2) is 14.5. The number of ether oxygens (including phenoxy) is 2. The van der Waals surface area contributed by atoms with E-state index in [1.165, 1.54) is 48.2 Å². The molecule has 1 aliphatic heterocycles. The SMILES string of the molecule is C=Cc1ccc([C@@H]2[C@@H](CCC(OC(C)=O)c3ccc(F)cc3)C(=O)N2c2ccc(OS(=O)(=O)C(F)(F)F)cc2)c(OCc2ccccc2)c1. The lowest BCUT2D eigenvalue weighted by atomic mass is 9.77. The third-order valence-corrected chi connectivity index (χ3v) is 8.92. The lowest BCUT2D eigenvalue weighted by Crippen LogP contribution is -2.55. The van der Waals surface area contributed by atoms with Gasteiger partial charge in [0.15, 0.2) is 0 Å². The Morgan fingerprint density at radius 1 is 0.980 bits per heavy atom. The van der Waals surface area contributed by atoms with Crippen molar-refractivity contribution in [1.82, 2.24) is 0 Å². The monoisotopic (exact) mass is 697 g/mol. The molecule has 5 rings (SSSR count). The minimum absolute atomic E-state index is 0.207. The van der Waals surface area contributed by atoms with Crippen molar-refractivity contribution >= 4 is 33.8 Å². The van der Waals surface area contributed by atoms with Crippen LogP contribution < -0.4 is 13.8 Å². The Morgan fingerprint density at radius 3 is 2.27 bits per heavy atom. The maximum absolute atomic E-state index is 13.9. The molecule has 49 heavy (non-hydrogen) atoms. The van der Waals surface area contributed by atoms with Gasteiger partial charge in [-0.15, -0.1) is 0 Å². The van der Waals surface area contributed by atoms with Crippen molar-refractivity contribution in [2.45, 2.75) is 44.0 Å². The number of hydrogen-bond acceptors (Lipinski definition) is 7. The van der Waals surface area contributed by atoms with Crippen LogP contribution in [0.1, 0.15) is 54.2 Å². The Morgan fingerprint density at radius 2 is 1.65 bits per heavy atom. The number of halogens is 4. The molecule has 1 aliphatic rings. The van der Waals surface area contributed by atoms with Crippen LogP contribution in [0.5, 0.6) is 11.5 Å². The Labute approximate surface area is 280 Å². The highest BCUT2D eigenvalue weighted by molar-refractivity contribution is 7.88. The molecule has 0 spiro atoms. The second-order valence-electron chi connectivity index (χ2n) is 11.2. The third kappa shape index (κ3) is 8.11. The van der Waals surface area contributed by atoms with Gasteiger partial charge in [-0.05, 0) is 72.0 Å². The molecule has 256 valence electrons. The van der Waals surface area contributed by atoms with Gasteiger partial charge < -0.3 is 18.6 Å². The smallest absolute Gasteiger partial charge is 0.489 e. The second-order valence-corrected chi connectivity index (χ2v) is 12.8. The first-order valence-electron chi connectivity index (χ1n) is 15.1. The number of nitrogens with zero attached hydrogens (tertiary/aromatic N) is 1.